The van der Waals surface area contributed by atoms with Gasteiger partial charge < -0.3 is 4.74 Å². The van der Waals surface area contributed by atoms with Crippen LogP contribution in [0, 0.1) is 0 Å². The smallest absolute Gasteiger partial charge is 0.192 e. The van der Waals surface area contributed by atoms with Crippen molar-refractivity contribution in [2.75, 3.05) is 0 Å². The fraction of sp³-hybridized carbons (Fsp3) is 0.167. The summed E-state index contributed by atoms with van der Waals surface area (Å²) in [5.74, 6) is 0.814. The number of hydrogen-bond donors (Lipinski definition) is 0. The summed E-state index contributed by atoms with van der Waals surface area (Å²) in [6, 6.07) is 19.4. The summed E-state index contributed by atoms with van der Waals surface area (Å²) >= 11 is 0. The van der Waals surface area contributed by atoms with E-state index < -0.39 is 0 Å². The van der Waals surface area contributed by atoms with Crippen molar-refractivity contribution in [1.29, 1.82) is 0 Å². The average Bonchev–Trinajstić information content (AvgIpc) is 2.90. The van der Waals surface area contributed by atoms with Crippen molar-refractivity contribution >= 4 is 5.78 Å². The van der Waals surface area contributed by atoms with Gasteiger partial charge in [-0.3, -0.25) is 4.79 Å². The Kier molecular flexibility index (Phi) is 3.38. The van der Waals surface area contributed by atoms with Gasteiger partial charge in [0.1, 0.15) is 11.9 Å². The van der Waals surface area contributed by atoms with Crippen LogP contribution < -0.4 is 0 Å². The highest BCUT2D eigenvalue weighted by molar-refractivity contribution is 6.09. The van der Waals surface area contributed by atoms with E-state index in [1.807, 2.05) is 67.6 Å². The van der Waals surface area contributed by atoms with E-state index in [-0.39, 0.29) is 11.9 Å². The maximum Gasteiger partial charge on any atom is 0.192 e. The summed E-state index contributed by atoms with van der Waals surface area (Å²) in [4.78, 5) is 12.5. The minimum atomic E-state index is -0.0427. The summed E-state index contributed by atoms with van der Waals surface area (Å²) in [6.45, 7) is 1.87. The molecule has 2 aromatic rings. The van der Waals surface area contributed by atoms with E-state index in [0.717, 1.165) is 22.5 Å². The topological polar surface area (TPSA) is 26.3 Å². The Hall–Kier alpha value is -2.35. The van der Waals surface area contributed by atoms with Crippen molar-refractivity contribution in [1.82, 2.24) is 0 Å². The van der Waals surface area contributed by atoms with Gasteiger partial charge in [0.15, 0.2) is 5.78 Å². The van der Waals surface area contributed by atoms with Crippen LogP contribution in [0.1, 0.15) is 35.4 Å². The maximum absolute atomic E-state index is 12.5. The van der Waals surface area contributed by atoms with E-state index in [0.29, 0.717) is 6.42 Å². The lowest BCUT2D eigenvalue weighted by Gasteiger charge is -2.11. The van der Waals surface area contributed by atoms with Crippen molar-refractivity contribution in [3.8, 4) is 0 Å². The maximum atomic E-state index is 12.5. The van der Waals surface area contributed by atoms with E-state index in [4.69, 9.17) is 4.74 Å². The van der Waals surface area contributed by atoms with E-state index in [1.165, 1.54) is 0 Å². The molecule has 1 heterocycles. The first-order valence-corrected chi connectivity index (χ1v) is 6.77. The van der Waals surface area contributed by atoms with Gasteiger partial charge in [-0.15, -0.1) is 0 Å². The number of ketones is 1. The van der Waals surface area contributed by atoms with Crippen LogP contribution in [0.4, 0.5) is 0 Å². The van der Waals surface area contributed by atoms with Crippen LogP contribution in [0.3, 0.4) is 0 Å². The van der Waals surface area contributed by atoms with Gasteiger partial charge in [0.2, 0.25) is 0 Å². The second kappa shape index (κ2) is 5.33. The van der Waals surface area contributed by atoms with Crippen molar-refractivity contribution in [2.45, 2.75) is 19.4 Å². The van der Waals surface area contributed by atoms with Gasteiger partial charge in [-0.25, -0.2) is 0 Å². The molecule has 1 aliphatic heterocycles. The van der Waals surface area contributed by atoms with Crippen molar-refractivity contribution in [3.63, 3.8) is 0 Å². The molecule has 0 radical (unpaired) electrons. The van der Waals surface area contributed by atoms with Crippen LogP contribution in [0.25, 0.3) is 0 Å². The molecule has 1 atom stereocenters. The van der Waals surface area contributed by atoms with Gasteiger partial charge in [-0.05, 0) is 12.5 Å². The lowest BCUT2D eigenvalue weighted by atomic mass is 9.97. The highest BCUT2D eigenvalue weighted by Gasteiger charge is 2.29. The molecule has 100 valence electrons. The Morgan fingerprint density at radius 2 is 1.60 bits per heavy atom. The molecule has 1 unspecified atom stereocenters. The first kappa shape index (κ1) is 12.7. The average molecular weight is 264 g/mol. The van der Waals surface area contributed by atoms with E-state index in [9.17, 15) is 4.79 Å². The van der Waals surface area contributed by atoms with Crippen LogP contribution in [0.5, 0.6) is 0 Å². The minimum Gasteiger partial charge on any atom is -0.490 e. The molecule has 0 N–H and O–H groups in total. The summed E-state index contributed by atoms with van der Waals surface area (Å²) in [6.07, 6.45) is 0.600. The SMILES string of the molecule is CC1=C(C(=O)c2ccccc2)CC(c2ccccc2)O1. The second-order valence-electron chi connectivity index (χ2n) is 4.95. The molecule has 0 amide bonds. The first-order chi connectivity index (χ1) is 9.75. The number of carbonyl (C=O) groups excluding carboxylic acids is 1. The Morgan fingerprint density at radius 3 is 2.25 bits per heavy atom. The van der Waals surface area contributed by atoms with Crippen LogP contribution in [0.2, 0.25) is 0 Å². The first-order valence-electron chi connectivity index (χ1n) is 6.77. The van der Waals surface area contributed by atoms with Gasteiger partial charge in [0, 0.05) is 17.6 Å². The third kappa shape index (κ3) is 2.37. The van der Waals surface area contributed by atoms with Crippen molar-refractivity contribution < 1.29 is 9.53 Å². The molecule has 0 aromatic heterocycles. The molecule has 0 saturated heterocycles. The monoisotopic (exact) mass is 264 g/mol. The predicted octanol–water partition coefficient (Wildman–Crippen LogP) is 4.30. The van der Waals surface area contributed by atoms with Gasteiger partial charge in [0.05, 0.1) is 0 Å². The Balaban J connectivity index is 1.82. The van der Waals surface area contributed by atoms with E-state index >= 15 is 0 Å². The van der Waals surface area contributed by atoms with Gasteiger partial charge in [-0.1, -0.05) is 60.7 Å². The zero-order valence-corrected chi connectivity index (χ0v) is 11.4. The van der Waals surface area contributed by atoms with Crippen LogP contribution in [-0.4, -0.2) is 5.78 Å². The third-order valence-electron chi connectivity index (χ3n) is 3.61. The van der Waals surface area contributed by atoms with Gasteiger partial charge >= 0.3 is 0 Å². The normalized spacial score (nSPS) is 17.9. The lowest BCUT2D eigenvalue weighted by molar-refractivity contribution is 0.103. The number of carbonyl (C=O) groups is 1. The molecule has 2 nitrogen and oxygen atoms in total. The molecule has 3 rings (SSSR count). The molecule has 1 aliphatic rings. The molecule has 0 saturated carbocycles. The largest absolute Gasteiger partial charge is 0.490 e. The molecule has 0 aliphatic carbocycles. The van der Waals surface area contributed by atoms with E-state index in [2.05, 4.69) is 0 Å². The number of Topliss-reactive ketones (excluding diaryl/α,β-unsaturated/α-hetero) is 1. The molecule has 20 heavy (non-hydrogen) atoms. The Bertz CT molecular complexity index is 642. The van der Waals surface area contributed by atoms with Crippen LogP contribution in [0.15, 0.2) is 72.0 Å². The fourth-order valence-electron chi connectivity index (χ4n) is 2.53. The van der Waals surface area contributed by atoms with Crippen LogP contribution >= 0.6 is 0 Å². The quantitative estimate of drug-likeness (QED) is 0.772. The summed E-state index contributed by atoms with van der Waals surface area (Å²) in [7, 11) is 0. The molecule has 0 fully saturated rings. The number of allylic oxidation sites excluding steroid dienone is 1. The third-order valence-corrected chi connectivity index (χ3v) is 3.61. The fourth-order valence-corrected chi connectivity index (χ4v) is 2.53. The second-order valence-corrected chi connectivity index (χ2v) is 4.95. The lowest BCUT2D eigenvalue weighted by Crippen LogP contribution is -2.03. The summed E-state index contributed by atoms with van der Waals surface area (Å²) < 4.78 is 5.86. The number of hydrogen-bond acceptors (Lipinski definition) is 2. The van der Waals surface area contributed by atoms with Crippen molar-refractivity contribution in [2.24, 2.45) is 0 Å². The predicted molar refractivity (Wildman–Crippen MR) is 78.4 cm³/mol. The molecule has 0 spiro atoms. The van der Waals surface area contributed by atoms with Crippen molar-refractivity contribution in [3.05, 3.63) is 83.1 Å². The molecular weight excluding hydrogens is 248 g/mol. The van der Waals surface area contributed by atoms with Gasteiger partial charge in [-0.2, -0.15) is 0 Å². The van der Waals surface area contributed by atoms with Gasteiger partial charge in [0.25, 0.3) is 0 Å². The highest BCUT2D eigenvalue weighted by atomic mass is 16.5. The minimum absolute atomic E-state index is 0.0427. The standard InChI is InChI=1S/C18H16O2/c1-13-16(18(19)15-10-6-3-7-11-15)12-17(20-13)14-8-4-2-5-9-14/h2-11,17H,12H2,1H3. The number of ether oxygens (including phenoxy) is 1. The molecule has 2 heteroatoms. The van der Waals surface area contributed by atoms with E-state index in [1.54, 1.807) is 0 Å². The molecular formula is C18H16O2. The zero-order chi connectivity index (χ0) is 13.9. The number of benzene rings is 2. The Labute approximate surface area is 118 Å². The summed E-state index contributed by atoms with van der Waals surface area (Å²) in [5.41, 5.74) is 2.62. The van der Waals surface area contributed by atoms with Crippen LogP contribution in [-0.2, 0) is 4.74 Å². The molecule has 2 aromatic carbocycles. The summed E-state index contributed by atoms with van der Waals surface area (Å²) in [5, 5.41) is 0. The highest BCUT2D eigenvalue weighted by Crippen LogP contribution is 2.37. The Morgan fingerprint density at radius 1 is 1.00 bits per heavy atom. The number of rotatable bonds is 3. The molecule has 0 bridgehead atoms. The zero-order valence-electron chi connectivity index (χ0n) is 11.4.